The van der Waals surface area contributed by atoms with Crippen molar-refractivity contribution in [2.75, 3.05) is 152 Å². The Hall–Kier alpha value is -14.6. The molecule has 17 rings (SSSR count). The van der Waals surface area contributed by atoms with Gasteiger partial charge in [0.1, 0.15) is 23.3 Å². The number of amides is 4. The molecule has 12 N–H and O–H groups in total. The number of nitrogens with one attached hydrogen (secondary N) is 4. The number of benzene rings is 10. The number of aryl methyl sites for hydroxylation is 5. The Kier molecular flexibility index (Phi) is 36.4. The molecule has 10 aromatic carbocycles. The molecule has 4 aromatic heterocycles. The Morgan fingerprint density at radius 3 is 1.14 bits per heavy atom. The molecule has 3 saturated heterocycles. The highest BCUT2D eigenvalue weighted by Gasteiger charge is 2.37. The van der Waals surface area contributed by atoms with E-state index < -0.39 is 35.3 Å². The molecule has 4 amide bonds. The summed E-state index contributed by atoms with van der Waals surface area (Å²) in [5.41, 5.74) is 35.0. The van der Waals surface area contributed by atoms with Crippen molar-refractivity contribution < 1.29 is 45.5 Å². The monoisotopic (exact) mass is 2040 g/mol. The summed E-state index contributed by atoms with van der Waals surface area (Å²) in [5.74, 6) is 25.0. The number of anilines is 6. The molecule has 0 saturated carbocycles. The third-order valence-electron chi connectivity index (χ3n) is 26.1. The zero-order chi connectivity index (χ0) is 105. The summed E-state index contributed by atoms with van der Waals surface area (Å²) in [6, 6.07) is 51.5. The molecule has 0 aliphatic carbocycles. The lowest BCUT2D eigenvalue weighted by atomic mass is 10.0. The predicted octanol–water partition coefficient (Wildman–Crippen LogP) is 20.7. The largest absolute Gasteiger partial charge is 0.416 e. The Balaban J connectivity index is 0.000000156. The molecular weight excluding hydrogens is 1930 g/mol. The number of alkyl halides is 6. The summed E-state index contributed by atoms with van der Waals surface area (Å²) < 4.78 is 84.0. The molecule has 147 heavy (non-hydrogen) atoms. The highest BCUT2D eigenvalue weighted by Crippen LogP contribution is 2.39. The number of nitrogens with zero attached hydrogens (tertiary/aromatic N) is 10. The zero-order valence-corrected chi connectivity index (χ0v) is 85.6. The van der Waals surface area contributed by atoms with Gasteiger partial charge in [-0.25, -0.2) is 19.9 Å². The Bertz CT molecular complexity index is 7360. The van der Waals surface area contributed by atoms with E-state index in [0.29, 0.717) is 116 Å². The number of piperazine rings is 2. The molecule has 3 fully saturated rings. The van der Waals surface area contributed by atoms with Crippen molar-refractivity contribution in [3.63, 3.8) is 0 Å². The summed E-state index contributed by atoms with van der Waals surface area (Å²) in [6.45, 7) is 27.4. The second-order valence-corrected chi connectivity index (χ2v) is 38.0. The molecule has 31 heteroatoms. The van der Waals surface area contributed by atoms with Crippen LogP contribution in [0.4, 0.5) is 61.0 Å². The number of carbonyl (C=O) groups is 4. The molecule has 7 heterocycles. The molecule has 0 radical (unpaired) electrons. The molecule has 3 aliphatic rings. The van der Waals surface area contributed by atoms with Gasteiger partial charge in [0.2, 0.25) is 0 Å². The van der Waals surface area contributed by atoms with E-state index in [-0.39, 0.29) is 64.4 Å². The van der Waals surface area contributed by atoms with Gasteiger partial charge >= 0.3 is 12.4 Å². The van der Waals surface area contributed by atoms with E-state index in [1.807, 2.05) is 156 Å². The van der Waals surface area contributed by atoms with Gasteiger partial charge in [0.25, 0.3) is 23.6 Å². The summed E-state index contributed by atoms with van der Waals surface area (Å²) in [5, 5.41) is 19.9. The van der Waals surface area contributed by atoms with E-state index >= 15 is 0 Å². The van der Waals surface area contributed by atoms with Crippen LogP contribution in [0.2, 0.25) is 15.1 Å². The fourth-order valence-electron chi connectivity index (χ4n) is 17.2. The summed E-state index contributed by atoms with van der Waals surface area (Å²) in [4.78, 5) is 81.4. The number of pyridine rings is 4. The van der Waals surface area contributed by atoms with Gasteiger partial charge in [0, 0.05) is 230 Å². The fraction of sp³-hybridized carbons (Fsp3) is 0.276. The van der Waals surface area contributed by atoms with E-state index in [0.717, 1.165) is 160 Å². The highest BCUT2D eigenvalue weighted by molar-refractivity contribution is 6.35. The maximum absolute atomic E-state index is 14.0. The first kappa shape index (κ1) is 108. The number of halogens is 9. The standard InChI is InChI=1S/C33H32F3N5O.C32H29ClF3N5O.C26H27ClN4O.C25H27ClN4O/c1-21-4-6-25-19-38-31(37)28(29(25)16-21)11-9-23-17-24(7-5-22(23)2)32(42)39-27-10-8-26(30(18-27)33(34,35)36)20-41-14-12-40(3)13-15-41;1-20-6-7-22(16-21(20)9-11-26-25-4-3-5-29(33)27(25)18-38-30(26)37)31(42)39-24-10-8-23(28(17-24)32(34,35)36)19-41-14-12-40(2)13-15-41;1-18-5-6-20(26(32)29-11-14-31-12-3-2-4-13-31)15-19(18)8-10-23-24-16-22(27)9-7-21(24)17-30-25(23)28;1-4-30(5-2)13-12-28-25(31)19-7-6-17(3)18(14-19)9-11-22-23-15-21(26)10-8-20(23)16-29-24(22)27/h4-8,10,16-19H,12-15,20H2,1-3H3,(H2,37,38)(H,39,42);3-8,10,16-18H,12-15,19H2,1-2H3,(H2,37,38)(H,39,42);5-7,9,15-17H,2-4,11-14H2,1H3,(H2,28,30)(H,29,32);6-8,10,14-16H,4-5,12-13H2,1-3H3,(H2,27,29)(H,28,31). The van der Waals surface area contributed by atoms with Gasteiger partial charge in [-0.1, -0.05) is 181 Å². The van der Waals surface area contributed by atoms with E-state index in [2.05, 4.69) is 122 Å². The van der Waals surface area contributed by atoms with Gasteiger partial charge in [-0.2, -0.15) is 26.3 Å². The van der Waals surface area contributed by atoms with Crippen molar-refractivity contribution >= 4 is 136 Å². The van der Waals surface area contributed by atoms with Crippen molar-refractivity contribution in [1.29, 1.82) is 0 Å². The highest BCUT2D eigenvalue weighted by atomic mass is 35.5. The first-order chi connectivity index (χ1) is 70.4. The average Bonchev–Trinajstić information content (AvgIpc) is 0.512. The van der Waals surface area contributed by atoms with Crippen molar-refractivity contribution in [2.45, 2.75) is 93.2 Å². The molecular formula is C116H115Cl3F6N18O4. The van der Waals surface area contributed by atoms with Crippen molar-refractivity contribution in [3.05, 3.63) is 339 Å². The lowest BCUT2D eigenvalue weighted by molar-refractivity contribution is -0.139. The van der Waals surface area contributed by atoms with Crippen LogP contribution >= 0.6 is 34.8 Å². The predicted molar refractivity (Wildman–Crippen MR) is 580 cm³/mol. The minimum absolute atomic E-state index is 0.0640. The van der Waals surface area contributed by atoms with Crippen molar-refractivity contribution in [3.8, 4) is 47.4 Å². The van der Waals surface area contributed by atoms with Gasteiger partial charge in [-0.3, -0.25) is 29.0 Å². The number of nitrogens with two attached hydrogens (primary N) is 4. The minimum Gasteiger partial charge on any atom is -0.383 e. The number of rotatable bonds is 18. The van der Waals surface area contributed by atoms with E-state index in [1.165, 1.54) is 43.5 Å². The maximum atomic E-state index is 14.0. The van der Waals surface area contributed by atoms with Crippen LogP contribution in [0.25, 0.3) is 43.1 Å². The first-order valence-corrected chi connectivity index (χ1v) is 49.6. The van der Waals surface area contributed by atoms with Gasteiger partial charge in [0.15, 0.2) is 0 Å². The summed E-state index contributed by atoms with van der Waals surface area (Å²) in [7, 11) is 3.99. The molecule has 14 aromatic rings. The van der Waals surface area contributed by atoms with Crippen molar-refractivity contribution in [1.82, 2.24) is 60.0 Å². The van der Waals surface area contributed by atoms with E-state index in [4.69, 9.17) is 57.7 Å². The van der Waals surface area contributed by atoms with Crippen LogP contribution in [0.15, 0.2) is 207 Å². The Labute approximate surface area is 867 Å². The quantitative estimate of drug-likeness (QED) is 0.0293. The fourth-order valence-corrected chi connectivity index (χ4v) is 17.8. The lowest BCUT2D eigenvalue weighted by Gasteiger charge is -2.33. The number of hydrogen-bond donors (Lipinski definition) is 8. The van der Waals surface area contributed by atoms with Crippen LogP contribution in [0.5, 0.6) is 0 Å². The molecule has 3 aliphatic heterocycles. The molecule has 22 nitrogen and oxygen atoms in total. The SMILES string of the molecule is CCN(CC)CCNC(=O)c1ccc(C)c(C#Cc2c(N)ncc3ccc(Cl)cc23)c1.Cc1ccc(C(=O)NCCN2CCCCC2)cc1C#Cc1c(N)ncc2ccc(Cl)cc12.Cc1ccc(C(=O)Nc2ccc(CN3CCN(C)CC3)c(C(F)(F)F)c2)cc1C#Cc1c(N)ncc2c(Cl)cccc12.Cc1ccc2cnc(N)c(C#Cc3cc(C(=O)Nc4ccc(CN5CCN(C)CC5)c(C(F)(F)F)c4)ccc3C)c2c1. The molecule has 756 valence electrons. The zero-order valence-electron chi connectivity index (χ0n) is 83.3. The van der Waals surface area contributed by atoms with Gasteiger partial charge in [-0.15, -0.1) is 0 Å². The van der Waals surface area contributed by atoms with Crippen LogP contribution in [-0.2, 0) is 25.4 Å². The summed E-state index contributed by atoms with van der Waals surface area (Å²) in [6.07, 6.45) is 1.42. The van der Waals surface area contributed by atoms with Gasteiger partial charge in [-0.05, 0) is 230 Å². The minimum atomic E-state index is -4.56. The number of likely N-dealkylation sites (tertiary alicyclic amines) is 1. The van der Waals surface area contributed by atoms with Gasteiger partial charge < -0.3 is 63.8 Å². The smallest absolute Gasteiger partial charge is 0.383 e. The number of carbonyl (C=O) groups excluding carboxylic acids is 4. The van der Waals surface area contributed by atoms with Crippen LogP contribution in [0, 0.1) is 82.0 Å². The third kappa shape index (κ3) is 28.8. The van der Waals surface area contributed by atoms with E-state index in [1.54, 1.807) is 73.3 Å². The molecule has 0 bridgehead atoms. The normalized spacial score (nSPS) is 13.6. The number of piperidine rings is 1. The van der Waals surface area contributed by atoms with Crippen molar-refractivity contribution in [2.24, 2.45) is 0 Å². The number of nitrogen functional groups attached to an aromatic ring is 4. The first-order valence-electron chi connectivity index (χ1n) is 48.4. The number of hydrogen-bond acceptors (Lipinski definition) is 18. The summed E-state index contributed by atoms with van der Waals surface area (Å²) >= 11 is 18.6. The van der Waals surface area contributed by atoms with Crippen LogP contribution < -0.4 is 44.2 Å². The average molecular weight is 2050 g/mol. The molecule has 0 spiro atoms. The number of fused-ring (bicyclic) bond motifs is 4. The second-order valence-electron chi connectivity index (χ2n) is 36.7. The number of aromatic nitrogens is 4. The maximum Gasteiger partial charge on any atom is 0.416 e. The number of likely N-dealkylation sites (N-methyl/N-ethyl adjacent to an activating group) is 3. The molecule has 0 atom stereocenters. The van der Waals surface area contributed by atoms with Crippen LogP contribution in [0.3, 0.4) is 0 Å². The van der Waals surface area contributed by atoms with Crippen LogP contribution in [0.1, 0.15) is 169 Å². The Morgan fingerprint density at radius 1 is 0.381 bits per heavy atom. The third-order valence-corrected chi connectivity index (χ3v) is 26.9. The molecule has 0 unspecified atom stereocenters. The second kappa shape index (κ2) is 49.5. The topological polar surface area (TPSA) is 291 Å². The van der Waals surface area contributed by atoms with E-state index in [9.17, 15) is 45.5 Å². The Morgan fingerprint density at radius 2 is 0.748 bits per heavy atom. The van der Waals surface area contributed by atoms with Crippen LogP contribution in [-0.4, -0.2) is 192 Å². The lowest BCUT2D eigenvalue weighted by Crippen LogP contribution is -2.44. The van der Waals surface area contributed by atoms with Gasteiger partial charge in [0.05, 0.1) is 33.4 Å².